The largest absolute Gasteiger partial charge is 0.360 e. The molecule has 0 saturated heterocycles. The zero-order valence-corrected chi connectivity index (χ0v) is 8.41. The lowest BCUT2D eigenvalue weighted by atomic mass is 10.2. The molecule has 3 N–H and O–H groups in total. The summed E-state index contributed by atoms with van der Waals surface area (Å²) in [5, 5.41) is 0. The number of nitrogens with two attached hydrogens (primary N) is 1. The highest BCUT2D eigenvalue weighted by Crippen LogP contribution is 2.20. The molecular formula is C10H14N4. The molecule has 0 bridgehead atoms. The lowest BCUT2D eigenvalue weighted by Gasteiger charge is -1.98. The second-order valence-electron chi connectivity index (χ2n) is 3.31. The van der Waals surface area contributed by atoms with E-state index < -0.39 is 0 Å². The van der Waals surface area contributed by atoms with Crippen molar-refractivity contribution in [2.24, 2.45) is 12.8 Å². The first-order valence-corrected chi connectivity index (χ1v) is 4.60. The maximum Gasteiger partial charge on any atom is 0.123 e. The van der Waals surface area contributed by atoms with Crippen molar-refractivity contribution in [1.29, 1.82) is 0 Å². The molecule has 0 unspecified atom stereocenters. The standard InChI is InChI=1S/C10H14N4/c1-7-10(8-4-3-5-12-8)13-9(6-11)14(7)2/h3-5,12H,6,11H2,1-2H3. The van der Waals surface area contributed by atoms with Gasteiger partial charge in [-0.3, -0.25) is 0 Å². The first kappa shape index (κ1) is 9.02. The van der Waals surface area contributed by atoms with Crippen LogP contribution in [0.3, 0.4) is 0 Å². The summed E-state index contributed by atoms with van der Waals surface area (Å²) in [7, 11) is 1.98. The number of rotatable bonds is 2. The summed E-state index contributed by atoms with van der Waals surface area (Å²) in [5.41, 5.74) is 8.75. The average molecular weight is 190 g/mol. The van der Waals surface area contributed by atoms with Crippen molar-refractivity contribution in [2.75, 3.05) is 0 Å². The van der Waals surface area contributed by atoms with Gasteiger partial charge in [-0.1, -0.05) is 0 Å². The van der Waals surface area contributed by atoms with Crippen LogP contribution in [0.5, 0.6) is 0 Å². The number of hydrogen-bond donors (Lipinski definition) is 2. The normalized spacial score (nSPS) is 10.8. The Morgan fingerprint density at radius 1 is 1.57 bits per heavy atom. The Morgan fingerprint density at radius 2 is 2.36 bits per heavy atom. The second-order valence-corrected chi connectivity index (χ2v) is 3.31. The molecule has 2 rings (SSSR count). The highest BCUT2D eigenvalue weighted by Gasteiger charge is 2.11. The van der Waals surface area contributed by atoms with Gasteiger partial charge in [0.2, 0.25) is 0 Å². The van der Waals surface area contributed by atoms with Gasteiger partial charge in [-0.2, -0.15) is 0 Å². The fourth-order valence-electron chi connectivity index (χ4n) is 1.55. The van der Waals surface area contributed by atoms with Crippen molar-refractivity contribution in [2.45, 2.75) is 13.5 Å². The van der Waals surface area contributed by atoms with E-state index in [4.69, 9.17) is 5.73 Å². The van der Waals surface area contributed by atoms with Crippen LogP contribution < -0.4 is 5.73 Å². The summed E-state index contributed by atoms with van der Waals surface area (Å²) in [6.07, 6.45) is 1.89. The Labute approximate surface area is 82.8 Å². The molecule has 14 heavy (non-hydrogen) atoms. The fourth-order valence-corrected chi connectivity index (χ4v) is 1.55. The molecule has 0 aliphatic carbocycles. The smallest absolute Gasteiger partial charge is 0.123 e. The highest BCUT2D eigenvalue weighted by molar-refractivity contribution is 5.57. The molecule has 0 fully saturated rings. The van der Waals surface area contributed by atoms with E-state index in [0.29, 0.717) is 6.54 Å². The zero-order valence-electron chi connectivity index (χ0n) is 8.41. The van der Waals surface area contributed by atoms with Crippen molar-refractivity contribution < 1.29 is 0 Å². The van der Waals surface area contributed by atoms with Gasteiger partial charge in [0, 0.05) is 18.9 Å². The topological polar surface area (TPSA) is 59.6 Å². The van der Waals surface area contributed by atoms with Gasteiger partial charge in [0.1, 0.15) is 11.5 Å². The van der Waals surface area contributed by atoms with Gasteiger partial charge in [0.15, 0.2) is 0 Å². The first-order valence-electron chi connectivity index (χ1n) is 4.60. The summed E-state index contributed by atoms with van der Waals surface area (Å²) in [6, 6.07) is 3.97. The fraction of sp³-hybridized carbons (Fsp3) is 0.300. The third kappa shape index (κ3) is 1.24. The van der Waals surface area contributed by atoms with Crippen molar-refractivity contribution in [3.63, 3.8) is 0 Å². The second kappa shape index (κ2) is 3.31. The van der Waals surface area contributed by atoms with Crippen LogP contribution in [-0.4, -0.2) is 14.5 Å². The molecule has 4 nitrogen and oxygen atoms in total. The van der Waals surface area contributed by atoms with Crippen LogP contribution in [0.1, 0.15) is 11.5 Å². The number of aromatic nitrogens is 3. The van der Waals surface area contributed by atoms with Crippen LogP contribution in [0.15, 0.2) is 18.3 Å². The summed E-state index contributed by atoms with van der Waals surface area (Å²) in [6.45, 7) is 2.51. The quantitative estimate of drug-likeness (QED) is 0.747. The van der Waals surface area contributed by atoms with Gasteiger partial charge in [-0.25, -0.2) is 4.98 Å². The minimum absolute atomic E-state index is 0.470. The predicted octanol–water partition coefficient (Wildman–Crippen LogP) is 1.18. The average Bonchev–Trinajstić information content (AvgIpc) is 2.78. The minimum Gasteiger partial charge on any atom is -0.360 e. The minimum atomic E-state index is 0.470. The van der Waals surface area contributed by atoms with Crippen LogP contribution in [-0.2, 0) is 13.6 Å². The Hall–Kier alpha value is -1.55. The van der Waals surface area contributed by atoms with Crippen molar-refractivity contribution in [1.82, 2.24) is 14.5 Å². The third-order valence-corrected chi connectivity index (χ3v) is 2.51. The van der Waals surface area contributed by atoms with Gasteiger partial charge < -0.3 is 15.3 Å². The molecule has 2 heterocycles. The maximum absolute atomic E-state index is 5.59. The van der Waals surface area contributed by atoms with E-state index in [2.05, 4.69) is 9.97 Å². The molecule has 74 valence electrons. The molecule has 0 aliphatic heterocycles. The van der Waals surface area contributed by atoms with Crippen LogP contribution in [0.4, 0.5) is 0 Å². The first-order chi connectivity index (χ1) is 6.74. The van der Waals surface area contributed by atoms with E-state index in [9.17, 15) is 0 Å². The molecule has 0 aromatic carbocycles. The molecule has 0 saturated carbocycles. The maximum atomic E-state index is 5.59. The van der Waals surface area contributed by atoms with Crippen molar-refractivity contribution >= 4 is 0 Å². The van der Waals surface area contributed by atoms with E-state index >= 15 is 0 Å². The van der Waals surface area contributed by atoms with E-state index in [1.165, 1.54) is 0 Å². The number of aromatic amines is 1. The number of nitrogens with zero attached hydrogens (tertiary/aromatic N) is 2. The predicted molar refractivity (Wildman–Crippen MR) is 55.6 cm³/mol. The molecule has 0 amide bonds. The Kier molecular flexibility index (Phi) is 2.13. The van der Waals surface area contributed by atoms with Gasteiger partial charge in [-0.15, -0.1) is 0 Å². The molecule has 2 aromatic rings. The molecule has 0 radical (unpaired) electrons. The molecule has 2 aromatic heterocycles. The Morgan fingerprint density at radius 3 is 2.86 bits per heavy atom. The number of imidazole rings is 1. The van der Waals surface area contributed by atoms with E-state index in [-0.39, 0.29) is 0 Å². The van der Waals surface area contributed by atoms with E-state index in [1.54, 1.807) is 0 Å². The SMILES string of the molecule is Cc1c(-c2ccc[nH]2)nc(CN)n1C. The molecule has 4 heteroatoms. The molecule has 0 aliphatic rings. The summed E-state index contributed by atoms with van der Waals surface area (Å²) in [5.74, 6) is 0.909. The molecule has 0 atom stereocenters. The summed E-state index contributed by atoms with van der Waals surface area (Å²) >= 11 is 0. The summed E-state index contributed by atoms with van der Waals surface area (Å²) in [4.78, 5) is 7.62. The lowest BCUT2D eigenvalue weighted by molar-refractivity contribution is 0.774. The molecular weight excluding hydrogens is 176 g/mol. The third-order valence-electron chi connectivity index (χ3n) is 2.51. The number of H-pyrrole nitrogens is 1. The monoisotopic (exact) mass is 190 g/mol. The zero-order chi connectivity index (χ0) is 10.1. The van der Waals surface area contributed by atoms with Crippen LogP contribution >= 0.6 is 0 Å². The number of nitrogens with one attached hydrogen (secondary N) is 1. The Balaban J connectivity index is 2.55. The van der Waals surface area contributed by atoms with Gasteiger partial charge in [0.25, 0.3) is 0 Å². The van der Waals surface area contributed by atoms with Gasteiger partial charge in [-0.05, 0) is 19.1 Å². The van der Waals surface area contributed by atoms with Crippen LogP contribution in [0.25, 0.3) is 11.4 Å². The van der Waals surface area contributed by atoms with E-state index in [0.717, 1.165) is 22.9 Å². The van der Waals surface area contributed by atoms with E-state index in [1.807, 2.05) is 36.9 Å². The lowest BCUT2D eigenvalue weighted by Crippen LogP contribution is -2.05. The van der Waals surface area contributed by atoms with Crippen LogP contribution in [0.2, 0.25) is 0 Å². The van der Waals surface area contributed by atoms with Crippen molar-refractivity contribution in [3.8, 4) is 11.4 Å². The molecule has 0 spiro atoms. The van der Waals surface area contributed by atoms with Gasteiger partial charge >= 0.3 is 0 Å². The van der Waals surface area contributed by atoms with Gasteiger partial charge in [0.05, 0.1) is 12.2 Å². The van der Waals surface area contributed by atoms with Crippen molar-refractivity contribution in [3.05, 3.63) is 29.8 Å². The number of hydrogen-bond acceptors (Lipinski definition) is 2. The van der Waals surface area contributed by atoms with Crippen LogP contribution in [0, 0.1) is 6.92 Å². The highest BCUT2D eigenvalue weighted by atomic mass is 15.1. The Bertz CT molecular complexity index is 425. The summed E-state index contributed by atoms with van der Waals surface area (Å²) < 4.78 is 2.02.